The molecular weight excluding hydrogens is 374 g/mol. The van der Waals surface area contributed by atoms with Crippen LogP contribution in [0.25, 0.3) is 0 Å². The number of nitrogens with zero attached hydrogens (tertiary/aromatic N) is 4. The summed E-state index contributed by atoms with van der Waals surface area (Å²) < 4.78 is 7.23. The van der Waals surface area contributed by atoms with Crippen molar-refractivity contribution in [1.29, 1.82) is 0 Å². The summed E-state index contributed by atoms with van der Waals surface area (Å²) >= 11 is 1.31. The minimum atomic E-state index is 0.105. The number of carbonyl (C=O) groups excluding carboxylic acids is 1. The minimum Gasteiger partial charge on any atom is -0.485 e. The Kier molecular flexibility index (Phi) is 6.83. The molecule has 28 heavy (non-hydrogen) atoms. The van der Waals surface area contributed by atoms with E-state index in [1.54, 1.807) is 0 Å². The van der Waals surface area contributed by atoms with E-state index < -0.39 is 0 Å². The zero-order chi connectivity index (χ0) is 20.1. The fraction of sp³-hybridized carbons (Fsp3) is 0.550. The SMILES string of the molecule is Cc1ccc(OCc2nnc(SCC(=O)N(C)C3CCCCC3)n2N)c(C)c1. The Bertz CT molecular complexity index is 817. The number of benzene rings is 1. The number of thioether (sulfide) groups is 1. The lowest BCUT2D eigenvalue weighted by Crippen LogP contribution is -2.39. The molecule has 2 N–H and O–H groups in total. The second-order valence-electron chi connectivity index (χ2n) is 7.41. The highest BCUT2D eigenvalue weighted by molar-refractivity contribution is 7.99. The molecule has 3 rings (SSSR count). The van der Waals surface area contributed by atoms with Gasteiger partial charge in [0.15, 0.2) is 5.82 Å². The number of nitrogens with two attached hydrogens (primary N) is 1. The molecule has 8 heteroatoms. The topological polar surface area (TPSA) is 86.3 Å². The molecule has 1 aliphatic carbocycles. The molecule has 0 unspecified atom stereocenters. The maximum atomic E-state index is 12.5. The first-order valence-corrected chi connectivity index (χ1v) is 10.7. The minimum absolute atomic E-state index is 0.105. The van der Waals surface area contributed by atoms with Crippen molar-refractivity contribution in [3.8, 4) is 5.75 Å². The first kappa shape index (κ1) is 20.5. The van der Waals surface area contributed by atoms with Crippen molar-refractivity contribution in [3.63, 3.8) is 0 Å². The van der Waals surface area contributed by atoms with E-state index in [0.717, 1.165) is 24.2 Å². The van der Waals surface area contributed by atoms with Gasteiger partial charge in [-0.2, -0.15) is 0 Å². The van der Waals surface area contributed by atoms with E-state index in [1.807, 2.05) is 37.9 Å². The number of ether oxygens (including phenoxy) is 1. The number of aromatic nitrogens is 3. The van der Waals surface area contributed by atoms with Crippen LogP contribution in [-0.2, 0) is 11.4 Å². The van der Waals surface area contributed by atoms with Gasteiger partial charge in [-0.3, -0.25) is 4.79 Å². The average molecular weight is 404 g/mol. The van der Waals surface area contributed by atoms with E-state index in [-0.39, 0.29) is 12.5 Å². The first-order chi connectivity index (χ1) is 13.5. The molecule has 1 heterocycles. The highest BCUT2D eigenvalue weighted by Crippen LogP contribution is 2.24. The Morgan fingerprint density at radius 3 is 2.75 bits per heavy atom. The summed E-state index contributed by atoms with van der Waals surface area (Å²) in [4.78, 5) is 14.4. The summed E-state index contributed by atoms with van der Waals surface area (Å²) in [5.41, 5.74) is 2.25. The van der Waals surface area contributed by atoms with Crippen LogP contribution in [0.15, 0.2) is 23.4 Å². The fourth-order valence-corrected chi connectivity index (χ4v) is 4.31. The second kappa shape index (κ2) is 9.32. The molecule has 1 fully saturated rings. The van der Waals surface area contributed by atoms with E-state index in [0.29, 0.717) is 22.8 Å². The molecular formula is C20H29N5O2S. The lowest BCUT2D eigenvalue weighted by Gasteiger charge is -2.31. The van der Waals surface area contributed by atoms with E-state index in [1.165, 1.54) is 41.3 Å². The number of hydrogen-bond donors (Lipinski definition) is 1. The van der Waals surface area contributed by atoms with E-state index in [4.69, 9.17) is 10.6 Å². The summed E-state index contributed by atoms with van der Waals surface area (Å²) in [7, 11) is 1.90. The predicted octanol–water partition coefficient (Wildman–Crippen LogP) is 3.07. The summed E-state index contributed by atoms with van der Waals surface area (Å²) in [5.74, 6) is 7.83. The van der Waals surface area contributed by atoms with Crippen LogP contribution in [0.4, 0.5) is 0 Å². The van der Waals surface area contributed by atoms with Crippen molar-refractivity contribution in [2.45, 2.75) is 63.8 Å². The molecule has 1 saturated carbocycles. The van der Waals surface area contributed by atoms with Gasteiger partial charge in [0.1, 0.15) is 12.4 Å². The van der Waals surface area contributed by atoms with Gasteiger partial charge in [0.2, 0.25) is 11.1 Å². The summed E-state index contributed by atoms with van der Waals surface area (Å²) in [6.45, 7) is 4.28. The van der Waals surface area contributed by atoms with E-state index >= 15 is 0 Å². The molecule has 1 aromatic heterocycles. The normalized spacial score (nSPS) is 14.8. The average Bonchev–Trinajstić information content (AvgIpc) is 3.05. The lowest BCUT2D eigenvalue weighted by atomic mass is 9.94. The highest BCUT2D eigenvalue weighted by atomic mass is 32.2. The van der Waals surface area contributed by atoms with Crippen LogP contribution in [0.2, 0.25) is 0 Å². The number of carbonyl (C=O) groups is 1. The van der Waals surface area contributed by atoms with Crippen LogP contribution in [0.3, 0.4) is 0 Å². The Balaban J connectivity index is 1.53. The fourth-order valence-electron chi connectivity index (χ4n) is 3.51. The Morgan fingerprint density at radius 2 is 2.04 bits per heavy atom. The monoisotopic (exact) mass is 403 g/mol. The quantitative estimate of drug-likeness (QED) is 0.565. The molecule has 2 aromatic rings. The predicted molar refractivity (Wildman–Crippen MR) is 111 cm³/mol. The Labute approximate surface area is 170 Å². The number of rotatable bonds is 7. The third-order valence-electron chi connectivity index (χ3n) is 5.26. The zero-order valence-electron chi connectivity index (χ0n) is 16.9. The smallest absolute Gasteiger partial charge is 0.233 e. The zero-order valence-corrected chi connectivity index (χ0v) is 17.7. The highest BCUT2D eigenvalue weighted by Gasteiger charge is 2.22. The standard InChI is InChI=1S/C20H29N5O2S/c1-14-9-10-17(15(2)11-14)27-12-18-22-23-20(25(18)21)28-13-19(26)24(3)16-7-5-4-6-8-16/h9-11,16H,4-8,12-13,21H2,1-3H3. The van der Waals surface area contributed by atoms with Gasteiger partial charge in [0.25, 0.3) is 0 Å². The van der Waals surface area contributed by atoms with Gasteiger partial charge in [-0.15, -0.1) is 10.2 Å². The van der Waals surface area contributed by atoms with E-state index in [2.05, 4.69) is 16.3 Å². The second-order valence-corrected chi connectivity index (χ2v) is 8.35. The third-order valence-corrected chi connectivity index (χ3v) is 6.19. The maximum Gasteiger partial charge on any atom is 0.233 e. The van der Waals surface area contributed by atoms with Crippen molar-refractivity contribution in [2.24, 2.45) is 0 Å². The first-order valence-electron chi connectivity index (χ1n) is 9.73. The number of nitrogen functional groups attached to an aromatic ring is 1. The third kappa shape index (κ3) is 4.98. The number of hydrogen-bond acceptors (Lipinski definition) is 6. The van der Waals surface area contributed by atoms with Gasteiger partial charge in [-0.25, -0.2) is 4.68 Å². The molecule has 0 bridgehead atoms. The van der Waals surface area contributed by atoms with Gasteiger partial charge >= 0.3 is 0 Å². The van der Waals surface area contributed by atoms with E-state index in [9.17, 15) is 4.79 Å². The van der Waals surface area contributed by atoms with Crippen molar-refractivity contribution >= 4 is 17.7 Å². The van der Waals surface area contributed by atoms with Gasteiger partial charge in [-0.05, 0) is 38.3 Å². The number of aryl methyl sites for hydroxylation is 2. The van der Waals surface area contributed by atoms with Crippen LogP contribution < -0.4 is 10.6 Å². The van der Waals surface area contributed by atoms with Crippen molar-refractivity contribution in [3.05, 3.63) is 35.2 Å². The van der Waals surface area contributed by atoms with Crippen molar-refractivity contribution in [2.75, 3.05) is 18.6 Å². The van der Waals surface area contributed by atoms with Gasteiger partial charge in [0, 0.05) is 13.1 Å². The largest absolute Gasteiger partial charge is 0.485 e. The molecule has 0 atom stereocenters. The molecule has 0 aliphatic heterocycles. The van der Waals surface area contributed by atoms with Crippen LogP contribution in [0.5, 0.6) is 5.75 Å². The van der Waals surface area contributed by atoms with Gasteiger partial charge in [0.05, 0.1) is 5.75 Å². The van der Waals surface area contributed by atoms with Crippen molar-refractivity contribution < 1.29 is 9.53 Å². The van der Waals surface area contributed by atoms with Gasteiger partial charge in [-0.1, -0.05) is 48.7 Å². The maximum absolute atomic E-state index is 12.5. The molecule has 0 spiro atoms. The number of amides is 1. The lowest BCUT2D eigenvalue weighted by molar-refractivity contribution is -0.129. The van der Waals surface area contributed by atoms with Crippen LogP contribution in [0, 0.1) is 13.8 Å². The summed E-state index contributed by atoms with van der Waals surface area (Å²) in [6, 6.07) is 6.38. The summed E-state index contributed by atoms with van der Waals surface area (Å²) in [6.07, 6.45) is 5.88. The van der Waals surface area contributed by atoms with Crippen LogP contribution >= 0.6 is 11.8 Å². The summed E-state index contributed by atoms with van der Waals surface area (Å²) in [5, 5.41) is 8.73. The Morgan fingerprint density at radius 1 is 1.29 bits per heavy atom. The molecule has 7 nitrogen and oxygen atoms in total. The molecule has 0 saturated heterocycles. The Hall–Kier alpha value is -2.22. The molecule has 152 valence electrons. The molecule has 1 aromatic carbocycles. The molecule has 1 aliphatic rings. The molecule has 0 radical (unpaired) electrons. The van der Waals surface area contributed by atoms with Crippen LogP contribution in [0.1, 0.15) is 49.1 Å². The van der Waals surface area contributed by atoms with Crippen molar-refractivity contribution in [1.82, 2.24) is 19.8 Å². The van der Waals surface area contributed by atoms with Crippen LogP contribution in [-0.4, -0.2) is 44.5 Å². The molecule has 1 amide bonds. The van der Waals surface area contributed by atoms with Gasteiger partial charge < -0.3 is 15.5 Å².